The van der Waals surface area contributed by atoms with Crippen LogP contribution in [-0.2, 0) is 10.2 Å². The molecule has 0 spiro atoms. The predicted molar refractivity (Wildman–Crippen MR) is 111 cm³/mol. The molecule has 5 heteroatoms. The van der Waals surface area contributed by atoms with Gasteiger partial charge in [-0.2, -0.15) is 5.10 Å². The van der Waals surface area contributed by atoms with Gasteiger partial charge in [0.2, 0.25) is 5.91 Å². The molecular weight excluding hydrogens is 352 g/mol. The number of hydrogen-bond acceptors (Lipinski definition) is 4. The first kappa shape index (κ1) is 19.9. The molecule has 148 valence electrons. The summed E-state index contributed by atoms with van der Waals surface area (Å²) < 4.78 is 10.5. The number of nitrogens with zero attached hydrogens (tertiary/aromatic N) is 1. The lowest BCUT2D eigenvalue weighted by molar-refractivity contribution is -0.122. The second-order valence-electron chi connectivity index (χ2n) is 8.16. The fourth-order valence-corrected chi connectivity index (χ4v) is 3.27. The Morgan fingerprint density at radius 3 is 2.43 bits per heavy atom. The highest BCUT2D eigenvalue weighted by molar-refractivity contribution is 5.87. The van der Waals surface area contributed by atoms with Gasteiger partial charge in [0.25, 0.3) is 0 Å². The van der Waals surface area contributed by atoms with E-state index < -0.39 is 0 Å². The van der Waals surface area contributed by atoms with Crippen molar-refractivity contribution in [2.75, 3.05) is 14.2 Å². The number of hydrazone groups is 1. The maximum absolute atomic E-state index is 12.4. The highest BCUT2D eigenvalue weighted by atomic mass is 16.5. The van der Waals surface area contributed by atoms with Gasteiger partial charge in [-0.05, 0) is 47.1 Å². The zero-order valence-corrected chi connectivity index (χ0v) is 17.2. The van der Waals surface area contributed by atoms with Crippen molar-refractivity contribution in [1.29, 1.82) is 0 Å². The van der Waals surface area contributed by atoms with Crippen LogP contribution in [0.3, 0.4) is 0 Å². The smallest absolute Gasteiger partial charge is 0.243 e. The van der Waals surface area contributed by atoms with E-state index in [1.807, 2.05) is 12.1 Å². The molecule has 5 nitrogen and oxygen atoms in total. The number of hydrogen-bond donors (Lipinski definition) is 1. The van der Waals surface area contributed by atoms with Crippen LogP contribution in [-0.4, -0.2) is 26.3 Å². The van der Waals surface area contributed by atoms with Gasteiger partial charge >= 0.3 is 0 Å². The van der Waals surface area contributed by atoms with E-state index in [1.165, 1.54) is 11.1 Å². The lowest BCUT2D eigenvalue weighted by atomic mass is 9.86. The van der Waals surface area contributed by atoms with E-state index >= 15 is 0 Å². The Bertz CT molecular complexity index is 866. The number of rotatable bonds is 6. The Balaban J connectivity index is 1.59. The van der Waals surface area contributed by atoms with Crippen LogP contribution >= 0.6 is 0 Å². The van der Waals surface area contributed by atoms with Crippen LogP contribution in [0.2, 0.25) is 0 Å². The monoisotopic (exact) mass is 380 g/mol. The molecule has 2 aromatic carbocycles. The number of carbonyl (C=O) groups is 1. The lowest BCUT2D eigenvalue weighted by Crippen LogP contribution is -2.20. The normalized spacial score (nSPS) is 18.8. The molecule has 2 aromatic rings. The summed E-state index contributed by atoms with van der Waals surface area (Å²) in [6.07, 6.45) is 2.44. The number of nitrogens with one attached hydrogen (secondary N) is 1. The molecular formula is C23H28N2O3. The largest absolute Gasteiger partial charge is 0.497 e. The maximum atomic E-state index is 12.4. The van der Waals surface area contributed by atoms with Crippen molar-refractivity contribution in [3.63, 3.8) is 0 Å². The second kappa shape index (κ2) is 8.05. The first-order valence-electron chi connectivity index (χ1n) is 9.49. The van der Waals surface area contributed by atoms with Crippen molar-refractivity contribution in [2.45, 2.75) is 38.5 Å². The molecule has 0 heterocycles. The van der Waals surface area contributed by atoms with E-state index in [4.69, 9.17) is 9.47 Å². The van der Waals surface area contributed by atoms with E-state index in [0.29, 0.717) is 11.5 Å². The predicted octanol–water partition coefficient (Wildman–Crippen LogP) is 4.26. The molecule has 3 rings (SSSR count). The van der Waals surface area contributed by atoms with Gasteiger partial charge in [0.15, 0.2) is 0 Å². The molecule has 28 heavy (non-hydrogen) atoms. The molecule has 1 N–H and O–H groups in total. The highest BCUT2D eigenvalue weighted by Crippen LogP contribution is 2.47. The van der Waals surface area contributed by atoms with Crippen molar-refractivity contribution in [3.8, 4) is 11.5 Å². The van der Waals surface area contributed by atoms with Crippen LogP contribution in [0.5, 0.6) is 11.5 Å². The number of methoxy groups -OCH3 is 2. The Morgan fingerprint density at radius 2 is 1.82 bits per heavy atom. The van der Waals surface area contributed by atoms with Crippen molar-refractivity contribution >= 4 is 12.1 Å². The van der Waals surface area contributed by atoms with Crippen molar-refractivity contribution in [3.05, 3.63) is 59.2 Å². The minimum Gasteiger partial charge on any atom is -0.497 e. The highest BCUT2D eigenvalue weighted by Gasteiger charge is 2.44. The number of amides is 1. The van der Waals surface area contributed by atoms with Crippen molar-refractivity contribution in [2.24, 2.45) is 11.0 Å². The Hall–Kier alpha value is -2.82. The van der Waals surface area contributed by atoms with E-state index in [1.54, 1.807) is 26.5 Å². The third-order valence-corrected chi connectivity index (χ3v) is 5.15. The molecule has 0 aliphatic heterocycles. The first-order chi connectivity index (χ1) is 13.3. The Kier molecular flexibility index (Phi) is 5.73. The Morgan fingerprint density at radius 1 is 1.11 bits per heavy atom. The maximum Gasteiger partial charge on any atom is 0.243 e. The molecule has 0 aromatic heterocycles. The van der Waals surface area contributed by atoms with Gasteiger partial charge < -0.3 is 9.47 Å². The lowest BCUT2D eigenvalue weighted by Gasteiger charge is -2.19. The Labute approximate surface area is 166 Å². The van der Waals surface area contributed by atoms with Crippen LogP contribution in [0.15, 0.2) is 47.6 Å². The van der Waals surface area contributed by atoms with E-state index in [0.717, 1.165) is 12.0 Å². The van der Waals surface area contributed by atoms with Crippen LogP contribution in [0.4, 0.5) is 0 Å². The summed E-state index contributed by atoms with van der Waals surface area (Å²) in [7, 11) is 3.20. The topological polar surface area (TPSA) is 59.9 Å². The zero-order chi connectivity index (χ0) is 20.3. The second-order valence-corrected chi connectivity index (χ2v) is 8.16. The molecule has 2 unspecified atom stereocenters. The number of carbonyl (C=O) groups excluding carboxylic acids is 1. The molecule has 0 radical (unpaired) electrons. The third kappa shape index (κ3) is 4.53. The molecule has 1 fully saturated rings. The van der Waals surface area contributed by atoms with Gasteiger partial charge in [0, 0.05) is 11.5 Å². The number of benzene rings is 2. The summed E-state index contributed by atoms with van der Waals surface area (Å²) in [5.74, 6) is 1.57. The van der Waals surface area contributed by atoms with E-state index in [-0.39, 0.29) is 23.2 Å². The van der Waals surface area contributed by atoms with Crippen molar-refractivity contribution in [1.82, 2.24) is 5.43 Å². The molecule has 0 bridgehead atoms. The van der Waals surface area contributed by atoms with Gasteiger partial charge in [0.05, 0.1) is 20.4 Å². The first-order valence-corrected chi connectivity index (χ1v) is 9.49. The SMILES string of the molecule is COc1ccc(OC)c(C=NNC(=O)C2CC2c2ccc(C(C)(C)C)cc2)c1. The molecule has 2 atom stereocenters. The fraction of sp³-hybridized carbons (Fsp3) is 0.391. The number of ether oxygens (including phenoxy) is 2. The van der Waals surface area contributed by atoms with Crippen molar-refractivity contribution < 1.29 is 14.3 Å². The third-order valence-electron chi connectivity index (χ3n) is 5.15. The van der Waals surface area contributed by atoms with Crippen LogP contribution in [0.25, 0.3) is 0 Å². The van der Waals surface area contributed by atoms with Gasteiger partial charge in [-0.15, -0.1) is 0 Å². The summed E-state index contributed by atoms with van der Waals surface area (Å²) in [5.41, 5.74) is 6.04. The molecule has 0 saturated heterocycles. The van der Waals surface area contributed by atoms with E-state index in [2.05, 4.69) is 55.6 Å². The molecule has 1 saturated carbocycles. The summed E-state index contributed by atoms with van der Waals surface area (Å²) in [4.78, 5) is 12.4. The molecule has 1 aliphatic carbocycles. The minimum atomic E-state index is -0.0528. The van der Waals surface area contributed by atoms with Gasteiger partial charge in [-0.3, -0.25) is 4.79 Å². The van der Waals surface area contributed by atoms with Gasteiger partial charge in [-0.1, -0.05) is 45.0 Å². The average molecular weight is 380 g/mol. The zero-order valence-electron chi connectivity index (χ0n) is 17.2. The summed E-state index contributed by atoms with van der Waals surface area (Å²) in [6, 6.07) is 14.0. The van der Waals surface area contributed by atoms with Gasteiger partial charge in [0.1, 0.15) is 11.5 Å². The molecule has 1 amide bonds. The van der Waals surface area contributed by atoms with Crippen LogP contribution < -0.4 is 14.9 Å². The van der Waals surface area contributed by atoms with Gasteiger partial charge in [-0.25, -0.2) is 5.43 Å². The van der Waals surface area contributed by atoms with E-state index in [9.17, 15) is 4.79 Å². The molecule has 1 aliphatic rings. The van der Waals surface area contributed by atoms with Crippen LogP contribution in [0.1, 0.15) is 49.8 Å². The summed E-state index contributed by atoms with van der Waals surface area (Å²) in [6.45, 7) is 6.60. The fourth-order valence-electron chi connectivity index (χ4n) is 3.27. The quantitative estimate of drug-likeness (QED) is 0.602. The minimum absolute atomic E-state index is 0.0233. The summed E-state index contributed by atoms with van der Waals surface area (Å²) in [5, 5.41) is 4.10. The summed E-state index contributed by atoms with van der Waals surface area (Å²) >= 11 is 0. The average Bonchev–Trinajstić information content (AvgIpc) is 3.48. The van der Waals surface area contributed by atoms with Crippen LogP contribution in [0, 0.1) is 5.92 Å². The standard InChI is InChI=1S/C23H28N2O3/c1-23(2,3)17-8-6-15(7-9-17)19-13-20(19)22(26)25-24-14-16-12-18(27-4)10-11-21(16)28-5/h6-12,14,19-20H,13H2,1-5H3,(H,25,26).